The Morgan fingerprint density at radius 1 is 1.35 bits per heavy atom. The summed E-state index contributed by atoms with van der Waals surface area (Å²) in [5, 5.41) is 12.3. The zero-order chi connectivity index (χ0) is 12.3. The van der Waals surface area contributed by atoms with Gasteiger partial charge in [0.2, 0.25) is 0 Å². The van der Waals surface area contributed by atoms with E-state index in [0.717, 1.165) is 9.26 Å². The van der Waals surface area contributed by atoms with E-state index in [1.807, 2.05) is 30.3 Å². The van der Waals surface area contributed by atoms with E-state index in [-0.39, 0.29) is 0 Å². The number of nitrogens with one attached hydrogen (secondary N) is 1. The first-order valence-corrected chi connectivity index (χ1v) is 6.23. The number of hydrogen-bond donors (Lipinski definition) is 1. The molecule has 0 spiro atoms. The van der Waals surface area contributed by atoms with Crippen LogP contribution in [0.25, 0.3) is 0 Å². The van der Waals surface area contributed by atoms with E-state index in [4.69, 9.17) is 16.9 Å². The Labute approximate surface area is 118 Å². The minimum absolute atomic E-state index is 0.342. The number of pyridine rings is 1. The Balaban J connectivity index is 2.34. The molecule has 0 atom stereocenters. The van der Waals surface area contributed by atoms with E-state index >= 15 is 0 Å². The number of rotatable bonds is 2. The summed E-state index contributed by atoms with van der Waals surface area (Å²) in [4.78, 5) is 4.12. The lowest BCUT2D eigenvalue weighted by molar-refractivity contribution is 1.29. The highest BCUT2D eigenvalue weighted by Crippen LogP contribution is 2.26. The van der Waals surface area contributed by atoms with E-state index in [2.05, 4.69) is 32.9 Å². The number of aromatic nitrogens is 1. The van der Waals surface area contributed by atoms with Gasteiger partial charge in [0.05, 0.1) is 5.56 Å². The molecule has 17 heavy (non-hydrogen) atoms. The molecule has 0 aliphatic carbocycles. The van der Waals surface area contributed by atoms with Crippen LogP contribution in [0.15, 0.2) is 36.5 Å². The number of nitrogens with zero attached hydrogens (tertiary/aromatic N) is 2. The highest BCUT2D eigenvalue weighted by atomic mass is 127. The van der Waals surface area contributed by atoms with Crippen molar-refractivity contribution >= 4 is 45.7 Å². The number of anilines is 2. The summed E-state index contributed by atoms with van der Waals surface area (Å²) < 4.78 is 1.11. The molecule has 2 aromatic rings. The van der Waals surface area contributed by atoms with E-state index in [0.29, 0.717) is 16.4 Å². The molecule has 0 unspecified atom stereocenters. The zero-order valence-corrected chi connectivity index (χ0v) is 11.5. The molecule has 0 bridgehead atoms. The number of hydrogen-bond acceptors (Lipinski definition) is 3. The van der Waals surface area contributed by atoms with Crippen molar-refractivity contribution in [1.29, 1.82) is 5.26 Å². The predicted octanol–water partition coefficient (Wildman–Crippen LogP) is 3.95. The second kappa shape index (κ2) is 5.34. The second-order valence-corrected chi connectivity index (χ2v) is 4.89. The molecule has 0 radical (unpaired) electrons. The van der Waals surface area contributed by atoms with Crippen LogP contribution in [-0.2, 0) is 0 Å². The van der Waals surface area contributed by atoms with E-state index < -0.39 is 0 Å². The van der Waals surface area contributed by atoms with Crippen molar-refractivity contribution in [2.24, 2.45) is 0 Å². The third-order valence-corrected chi connectivity index (χ3v) is 3.15. The lowest BCUT2D eigenvalue weighted by atomic mass is 10.2. The van der Waals surface area contributed by atoms with Gasteiger partial charge in [0.15, 0.2) is 5.82 Å². The average molecular weight is 356 g/mol. The van der Waals surface area contributed by atoms with Crippen LogP contribution in [0.2, 0.25) is 5.02 Å². The van der Waals surface area contributed by atoms with Crippen molar-refractivity contribution in [2.75, 3.05) is 5.32 Å². The molecule has 0 aliphatic rings. The van der Waals surface area contributed by atoms with E-state index in [9.17, 15) is 0 Å². The Morgan fingerprint density at radius 2 is 2.18 bits per heavy atom. The van der Waals surface area contributed by atoms with Crippen molar-refractivity contribution in [1.82, 2.24) is 4.98 Å². The van der Waals surface area contributed by atoms with Crippen LogP contribution in [0, 0.1) is 14.9 Å². The van der Waals surface area contributed by atoms with Gasteiger partial charge in [-0.2, -0.15) is 5.26 Å². The first-order chi connectivity index (χ1) is 8.20. The van der Waals surface area contributed by atoms with Gasteiger partial charge in [0.1, 0.15) is 11.1 Å². The number of nitriles is 1. The van der Waals surface area contributed by atoms with Gasteiger partial charge in [-0.05, 0) is 46.9 Å². The van der Waals surface area contributed by atoms with Crippen molar-refractivity contribution < 1.29 is 0 Å². The van der Waals surface area contributed by atoms with Crippen LogP contribution in [0.4, 0.5) is 11.5 Å². The van der Waals surface area contributed by atoms with Crippen LogP contribution >= 0.6 is 34.2 Å². The predicted molar refractivity (Wildman–Crippen MR) is 76.4 cm³/mol. The van der Waals surface area contributed by atoms with E-state index in [1.54, 1.807) is 12.3 Å². The minimum atomic E-state index is 0.342. The van der Waals surface area contributed by atoms with Crippen LogP contribution in [0.1, 0.15) is 5.56 Å². The smallest absolute Gasteiger partial charge is 0.150 e. The lowest BCUT2D eigenvalue weighted by Gasteiger charge is -2.08. The molecule has 3 nitrogen and oxygen atoms in total. The molecule has 0 fully saturated rings. The highest BCUT2D eigenvalue weighted by Gasteiger charge is 2.07. The van der Waals surface area contributed by atoms with Gasteiger partial charge in [0.25, 0.3) is 0 Å². The fourth-order valence-corrected chi connectivity index (χ4v) is 2.06. The molecule has 84 valence electrons. The molecule has 1 N–H and O–H groups in total. The minimum Gasteiger partial charge on any atom is -0.339 e. The van der Waals surface area contributed by atoms with Crippen molar-refractivity contribution in [3.63, 3.8) is 0 Å². The normalized spacial score (nSPS) is 9.71. The molecule has 5 heteroatoms. The van der Waals surface area contributed by atoms with Gasteiger partial charge in [-0.25, -0.2) is 4.98 Å². The zero-order valence-electron chi connectivity index (χ0n) is 8.61. The van der Waals surface area contributed by atoms with Crippen molar-refractivity contribution in [3.05, 3.63) is 50.7 Å². The molecule has 0 saturated heterocycles. The Kier molecular flexibility index (Phi) is 3.82. The maximum Gasteiger partial charge on any atom is 0.150 e. The van der Waals surface area contributed by atoms with E-state index in [1.165, 1.54) is 0 Å². The molecule has 0 saturated carbocycles. The van der Waals surface area contributed by atoms with Gasteiger partial charge in [-0.1, -0.05) is 17.7 Å². The monoisotopic (exact) mass is 355 g/mol. The third-order valence-electron chi connectivity index (χ3n) is 2.10. The molecule has 1 aromatic carbocycles. The summed E-state index contributed by atoms with van der Waals surface area (Å²) in [7, 11) is 0. The van der Waals surface area contributed by atoms with Gasteiger partial charge < -0.3 is 5.32 Å². The SMILES string of the molecule is N#Cc1ccnc(Nc2cccc(I)c2)c1Cl. The summed E-state index contributed by atoms with van der Waals surface area (Å²) in [6.45, 7) is 0. The molecular formula is C12H7ClIN3. The maximum absolute atomic E-state index is 8.86. The molecule has 1 heterocycles. The fourth-order valence-electron chi connectivity index (χ4n) is 1.32. The Bertz CT molecular complexity index is 593. The lowest BCUT2D eigenvalue weighted by Crippen LogP contribution is -1.96. The van der Waals surface area contributed by atoms with Crippen molar-refractivity contribution in [3.8, 4) is 6.07 Å². The van der Waals surface area contributed by atoms with Crippen LogP contribution in [-0.4, -0.2) is 4.98 Å². The number of halogens is 2. The maximum atomic E-state index is 8.86. The summed E-state index contributed by atoms with van der Waals surface area (Å²) in [5.74, 6) is 0.493. The van der Waals surface area contributed by atoms with Crippen LogP contribution in [0.5, 0.6) is 0 Å². The third kappa shape index (κ3) is 2.87. The summed E-state index contributed by atoms with van der Waals surface area (Å²) >= 11 is 8.27. The fraction of sp³-hybridized carbons (Fsp3) is 0. The Morgan fingerprint density at radius 3 is 2.88 bits per heavy atom. The average Bonchev–Trinajstić information content (AvgIpc) is 2.32. The second-order valence-electron chi connectivity index (χ2n) is 3.27. The van der Waals surface area contributed by atoms with Crippen molar-refractivity contribution in [2.45, 2.75) is 0 Å². The molecular weight excluding hydrogens is 349 g/mol. The molecule has 0 aliphatic heterocycles. The molecule has 2 rings (SSSR count). The van der Waals surface area contributed by atoms with Gasteiger partial charge in [-0.3, -0.25) is 0 Å². The summed E-state index contributed by atoms with van der Waals surface area (Å²) in [6.07, 6.45) is 1.56. The van der Waals surface area contributed by atoms with Gasteiger partial charge in [-0.15, -0.1) is 0 Å². The first-order valence-electron chi connectivity index (χ1n) is 4.78. The highest BCUT2D eigenvalue weighted by molar-refractivity contribution is 14.1. The number of benzene rings is 1. The summed E-state index contributed by atoms with van der Waals surface area (Å²) in [6, 6.07) is 11.4. The molecule has 0 amide bonds. The molecule has 1 aromatic heterocycles. The Hall–Kier alpha value is -1.32. The van der Waals surface area contributed by atoms with Crippen LogP contribution < -0.4 is 5.32 Å². The van der Waals surface area contributed by atoms with Gasteiger partial charge in [0, 0.05) is 15.5 Å². The van der Waals surface area contributed by atoms with Crippen LogP contribution in [0.3, 0.4) is 0 Å². The topological polar surface area (TPSA) is 48.7 Å². The standard InChI is InChI=1S/C12H7ClIN3/c13-11-8(7-15)4-5-16-12(11)17-10-3-1-2-9(14)6-10/h1-6H,(H,16,17). The quantitative estimate of drug-likeness (QED) is 0.830. The van der Waals surface area contributed by atoms with Gasteiger partial charge >= 0.3 is 0 Å². The first kappa shape index (κ1) is 12.1. The summed E-state index contributed by atoms with van der Waals surface area (Å²) in [5.41, 5.74) is 1.30. The largest absolute Gasteiger partial charge is 0.339 e.